The van der Waals surface area contributed by atoms with Crippen LogP contribution in [-0.2, 0) is 11.2 Å². The second kappa shape index (κ2) is 6.84. The molecule has 130 valence electrons. The van der Waals surface area contributed by atoms with Crippen molar-refractivity contribution in [3.63, 3.8) is 0 Å². The number of ether oxygens (including phenoxy) is 2. The molecular formula is C19H20N2O4. The van der Waals surface area contributed by atoms with Crippen LogP contribution in [0.1, 0.15) is 22.8 Å². The molecule has 2 aromatic carbocycles. The highest BCUT2D eigenvalue weighted by Gasteiger charge is 2.22. The van der Waals surface area contributed by atoms with E-state index in [-0.39, 0.29) is 11.8 Å². The molecule has 0 saturated heterocycles. The van der Waals surface area contributed by atoms with E-state index in [0.29, 0.717) is 29.3 Å². The van der Waals surface area contributed by atoms with Crippen molar-refractivity contribution in [3.8, 4) is 11.5 Å². The Bertz CT molecular complexity index is 832. The standard InChI is InChI=1S/C19H20N2O4/c1-12(22)21-9-8-13-10-14(4-6-17(13)21)20-19(23)16-11-15(24-2)5-7-18(16)25-3/h4-7,10-11H,8-9H2,1-3H3,(H,20,23). The van der Waals surface area contributed by atoms with Crippen molar-refractivity contribution in [2.75, 3.05) is 31.0 Å². The predicted molar refractivity (Wildman–Crippen MR) is 95.7 cm³/mol. The van der Waals surface area contributed by atoms with Crippen LogP contribution >= 0.6 is 0 Å². The summed E-state index contributed by atoms with van der Waals surface area (Å²) in [7, 11) is 3.06. The number of fused-ring (bicyclic) bond motifs is 1. The molecule has 2 amide bonds. The number of nitrogens with zero attached hydrogens (tertiary/aromatic N) is 1. The van der Waals surface area contributed by atoms with E-state index in [1.807, 2.05) is 12.1 Å². The van der Waals surface area contributed by atoms with Crippen molar-refractivity contribution in [2.45, 2.75) is 13.3 Å². The molecule has 6 heteroatoms. The molecule has 0 aromatic heterocycles. The number of nitrogens with one attached hydrogen (secondary N) is 1. The van der Waals surface area contributed by atoms with Crippen molar-refractivity contribution < 1.29 is 19.1 Å². The first-order valence-electron chi connectivity index (χ1n) is 7.98. The summed E-state index contributed by atoms with van der Waals surface area (Å²) in [4.78, 5) is 26.0. The molecule has 6 nitrogen and oxygen atoms in total. The minimum atomic E-state index is -0.280. The zero-order valence-electron chi connectivity index (χ0n) is 14.5. The second-order valence-corrected chi connectivity index (χ2v) is 5.78. The van der Waals surface area contributed by atoms with E-state index in [0.717, 1.165) is 17.7 Å². The Morgan fingerprint density at radius 1 is 1.08 bits per heavy atom. The molecule has 0 fully saturated rings. The highest BCUT2D eigenvalue weighted by molar-refractivity contribution is 6.06. The minimum absolute atomic E-state index is 0.0247. The SMILES string of the molecule is COc1ccc(OC)c(C(=O)Nc2ccc3c(c2)CCN3C(C)=O)c1. The Balaban J connectivity index is 1.84. The van der Waals surface area contributed by atoms with E-state index >= 15 is 0 Å². The Labute approximate surface area is 146 Å². The van der Waals surface area contributed by atoms with Gasteiger partial charge in [0, 0.05) is 24.8 Å². The van der Waals surface area contributed by atoms with E-state index in [1.165, 1.54) is 7.11 Å². The minimum Gasteiger partial charge on any atom is -0.497 e. The molecule has 0 atom stereocenters. The molecule has 1 N–H and O–H groups in total. The average molecular weight is 340 g/mol. The van der Waals surface area contributed by atoms with E-state index in [9.17, 15) is 9.59 Å². The largest absolute Gasteiger partial charge is 0.497 e. The maximum atomic E-state index is 12.6. The van der Waals surface area contributed by atoms with Gasteiger partial charge in [0.05, 0.1) is 19.8 Å². The highest BCUT2D eigenvalue weighted by atomic mass is 16.5. The summed E-state index contributed by atoms with van der Waals surface area (Å²) in [5.74, 6) is 0.799. The third-order valence-electron chi connectivity index (χ3n) is 4.26. The molecule has 0 saturated carbocycles. The van der Waals surface area contributed by atoms with Gasteiger partial charge in [0.15, 0.2) is 0 Å². The number of methoxy groups -OCH3 is 2. The first-order valence-corrected chi connectivity index (χ1v) is 7.98. The highest BCUT2D eigenvalue weighted by Crippen LogP contribution is 2.31. The van der Waals surface area contributed by atoms with Gasteiger partial charge in [0.1, 0.15) is 11.5 Å². The second-order valence-electron chi connectivity index (χ2n) is 5.78. The summed E-state index contributed by atoms with van der Waals surface area (Å²) < 4.78 is 10.4. The van der Waals surface area contributed by atoms with Gasteiger partial charge in [-0.25, -0.2) is 0 Å². The van der Waals surface area contributed by atoms with Gasteiger partial charge in [-0.05, 0) is 48.4 Å². The lowest BCUT2D eigenvalue weighted by Crippen LogP contribution is -2.25. The number of hydrogen-bond acceptors (Lipinski definition) is 4. The van der Waals surface area contributed by atoms with E-state index in [1.54, 1.807) is 43.2 Å². The number of benzene rings is 2. The van der Waals surface area contributed by atoms with Gasteiger partial charge in [-0.3, -0.25) is 9.59 Å². The number of carbonyl (C=O) groups excluding carboxylic acids is 2. The molecule has 0 radical (unpaired) electrons. The van der Waals surface area contributed by atoms with Crippen LogP contribution in [0, 0.1) is 0 Å². The lowest BCUT2D eigenvalue weighted by atomic mass is 10.1. The fourth-order valence-corrected chi connectivity index (χ4v) is 3.00. The van der Waals surface area contributed by atoms with Crippen LogP contribution in [0.15, 0.2) is 36.4 Å². The van der Waals surface area contributed by atoms with Crippen molar-refractivity contribution in [1.82, 2.24) is 0 Å². The molecule has 0 bridgehead atoms. The zero-order valence-corrected chi connectivity index (χ0v) is 14.5. The van der Waals surface area contributed by atoms with Gasteiger partial charge in [-0.1, -0.05) is 0 Å². The van der Waals surface area contributed by atoms with E-state index in [4.69, 9.17) is 9.47 Å². The number of anilines is 2. The Kier molecular flexibility index (Phi) is 4.61. The van der Waals surface area contributed by atoms with Crippen molar-refractivity contribution in [3.05, 3.63) is 47.5 Å². The van der Waals surface area contributed by atoms with E-state index in [2.05, 4.69) is 5.32 Å². The maximum Gasteiger partial charge on any atom is 0.259 e. The van der Waals surface area contributed by atoms with Crippen LogP contribution in [0.5, 0.6) is 11.5 Å². The summed E-state index contributed by atoms with van der Waals surface area (Å²) in [5, 5.41) is 2.88. The lowest BCUT2D eigenvalue weighted by molar-refractivity contribution is -0.116. The Morgan fingerprint density at radius 3 is 2.56 bits per heavy atom. The van der Waals surface area contributed by atoms with Crippen LogP contribution < -0.4 is 19.7 Å². The molecule has 0 spiro atoms. The van der Waals surface area contributed by atoms with Crippen LogP contribution in [0.25, 0.3) is 0 Å². The lowest BCUT2D eigenvalue weighted by Gasteiger charge is -2.15. The quantitative estimate of drug-likeness (QED) is 0.929. The van der Waals surface area contributed by atoms with Gasteiger partial charge in [0.2, 0.25) is 5.91 Å². The molecule has 2 aromatic rings. The van der Waals surface area contributed by atoms with Gasteiger partial charge in [0.25, 0.3) is 5.91 Å². The molecular weight excluding hydrogens is 320 g/mol. The van der Waals surface area contributed by atoms with Crippen molar-refractivity contribution in [1.29, 1.82) is 0 Å². The van der Waals surface area contributed by atoms with Gasteiger partial charge in [-0.2, -0.15) is 0 Å². The van der Waals surface area contributed by atoms with Gasteiger partial charge >= 0.3 is 0 Å². The molecule has 0 aliphatic carbocycles. The monoisotopic (exact) mass is 340 g/mol. The average Bonchev–Trinajstić information content (AvgIpc) is 3.04. The smallest absolute Gasteiger partial charge is 0.259 e. The van der Waals surface area contributed by atoms with Crippen LogP contribution in [-0.4, -0.2) is 32.6 Å². The van der Waals surface area contributed by atoms with Gasteiger partial charge in [-0.15, -0.1) is 0 Å². The fourth-order valence-electron chi connectivity index (χ4n) is 3.00. The fraction of sp³-hybridized carbons (Fsp3) is 0.263. The molecule has 0 unspecified atom stereocenters. The summed E-state index contributed by atoms with van der Waals surface area (Å²) >= 11 is 0. The summed E-state index contributed by atoms with van der Waals surface area (Å²) in [6.45, 7) is 2.23. The first kappa shape index (κ1) is 16.8. The van der Waals surface area contributed by atoms with Gasteiger partial charge < -0.3 is 19.7 Å². The molecule has 1 heterocycles. The predicted octanol–water partition coefficient (Wildman–Crippen LogP) is 2.87. The van der Waals surface area contributed by atoms with Crippen molar-refractivity contribution >= 4 is 23.2 Å². The maximum absolute atomic E-state index is 12.6. The summed E-state index contributed by atoms with van der Waals surface area (Å²) in [6, 6.07) is 10.6. The summed E-state index contributed by atoms with van der Waals surface area (Å²) in [6.07, 6.45) is 0.779. The Morgan fingerprint density at radius 2 is 1.88 bits per heavy atom. The number of hydrogen-bond donors (Lipinski definition) is 1. The molecule has 1 aliphatic heterocycles. The van der Waals surface area contributed by atoms with E-state index < -0.39 is 0 Å². The zero-order chi connectivity index (χ0) is 18.0. The Hall–Kier alpha value is -3.02. The van der Waals surface area contributed by atoms with Crippen LogP contribution in [0.2, 0.25) is 0 Å². The van der Waals surface area contributed by atoms with Crippen molar-refractivity contribution in [2.24, 2.45) is 0 Å². The third-order valence-corrected chi connectivity index (χ3v) is 4.26. The topological polar surface area (TPSA) is 67.9 Å². The normalized spacial score (nSPS) is 12.5. The molecule has 25 heavy (non-hydrogen) atoms. The molecule has 1 aliphatic rings. The number of rotatable bonds is 4. The third kappa shape index (κ3) is 3.28. The molecule has 3 rings (SSSR count). The van der Waals surface area contributed by atoms with Crippen LogP contribution in [0.3, 0.4) is 0 Å². The number of carbonyl (C=O) groups is 2. The van der Waals surface area contributed by atoms with Crippen LogP contribution in [0.4, 0.5) is 11.4 Å². The first-order chi connectivity index (χ1) is 12.0. The summed E-state index contributed by atoms with van der Waals surface area (Å²) in [5.41, 5.74) is 3.03. The number of amides is 2.